The predicted molar refractivity (Wildman–Crippen MR) is 67.3 cm³/mol. The molecule has 2 atom stereocenters. The first-order valence-electron chi connectivity index (χ1n) is 6.45. The van der Waals surface area contributed by atoms with E-state index in [1.54, 1.807) is 0 Å². The van der Waals surface area contributed by atoms with Crippen LogP contribution < -0.4 is 0 Å². The summed E-state index contributed by atoms with van der Waals surface area (Å²) in [4.78, 5) is 0. The van der Waals surface area contributed by atoms with Crippen LogP contribution in [0.4, 0.5) is 0 Å². The Morgan fingerprint density at radius 1 is 1.38 bits per heavy atom. The summed E-state index contributed by atoms with van der Waals surface area (Å²) in [5.74, 6) is 1.58. The van der Waals surface area contributed by atoms with Gasteiger partial charge in [0.25, 0.3) is 0 Å². The number of fused-ring (bicyclic) bond motifs is 1. The van der Waals surface area contributed by atoms with E-state index in [1.165, 1.54) is 18.4 Å². The van der Waals surface area contributed by atoms with Gasteiger partial charge in [-0.15, -0.1) is 0 Å². The number of aliphatic hydroxyl groups is 1. The van der Waals surface area contributed by atoms with Crippen molar-refractivity contribution in [2.45, 2.75) is 40.5 Å². The summed E-state index contributed by atoms with van der Waals surface area (Å²) in [5.41, 5.74) is 1.77. The highest BCUT2D eigenvalue weighted by atomic mass is 16.5. The van der Waals surface area contributed by atoms with Crippen molar-refractivity contribution in [3.05, 3.63) is 11.6 Å². The van der Waals surface area contributed by atoms with E-state index in [4.69, 9.17) is 9.84 Å². The maximum atomic E-state index is 9.05. The van der Waals surface area contributed by atoms with Crippen LogP contribution in [-0.2, 0) is 4.74 Å². The third kappa shape index (κ3) is 2.67. The van der Waals surface area contributed by atoms with Gasteiger partial charge in [-0.25, -0.2) is 0 Å². The first kappa shape index (κ1) is 13.7. The van der Waals surface area contributed by atoms with E-state index in [2.05, 4.69) is 19.9 Å². The van der Waals surface area contributed by atoms with Crippen LogP contribution in [0, 0.1) is 17.3 Å². The van der Waals surface area contributed by atoms with Gasteiger partial charge in [-0.1, -0.05) is 19.9 Å². The molecule has 0 heterocycles. The fraction of sp³-hybridized carbons (Fsp3) is 0.857. The highest BCUT2D eigenvalue weighted by Gasteiger charge is 2.50. The molecule has 3 aliphatic rings. The molecule has 0 spiro atoms. The Morgan fingerprint density at radius 3 is 2.25 bits per heavy atom. The Balaban J connectivity index is 0.000000221. The molecule has 1 fully saturated rings. The average molecular weight is 226 g/mol. The SMILES string of the molecule is CC1(C)C2CC=C(CO)C1C2.CCOCC. The Kier molecular flexibility index (Phi) is 5.00. The van der Waals surface area contributed by atoms with Gasteiger partial charge in [-0.05, 0) is 49.5 Å². The van der Waals surface area contributed by atoms with Gasteiger partial charge in [0, 0.05) is 13.2 Å². The van der Waals surface area contributed by atoms with Crippen LogP contribution in [0.3, 0.4) is 0 Å². The molecule has 0 aromatic carbocycles. The lowest BCUT2D eigenvalue weighted by atomic mass is 9.49. The van der Waals surface area contributed by atoms with E-state index >= 15 is 0 Å². The van der Waals surface area contributed by atoms with Gasteiger partial charge in [-0.2, -0.15) is 0 Å². The molecule has 2 heteroatoms. The summed E-state index contributed by atoms with van der Waals surface area (Å²) in [5, 5.41) is 9.05. The molecule has 2 bridgehead atoms. The van der Waals surface area contributed by atoms with Crippen LogP contribution in [0.1, 0.15) is 40.5 Å². The first-order valence-corrected chi connectivity index (χ1v) is 6.45. The maximum absolute atomic E-state index is 9.05. The molecule has 3 rings (SSSR count). The lowest BCUT2D eigenvalue weighted by Gasteiger charge is -2.56. The summed E-state index contributed by atoms with van der Waals surface area (Å²) < 4.78 is 4.83. The molecule has 1 N–H and O–H groups in total. The molecule has 3 aliphatic carbocycles. The van der Waals surface area contributed by atoms with Gasteiger partial charge in [0.15, 0.2) is 0 Å². The Labute approximate surface area is 99.7 Å². The highest BCUT2D eigenvalue weighted by Crippen LogP contribution is 2.58. The molecule has 0 saturated heterocycles. The minimum atomic E-state index is 0.279. The lowest BCUT2D eigenvalue weighted by molar-refractivity contribution is -0.0125. The van der Waals surface area contributed by atoms with E-state index in [-0.39, 0.29) is 6.61 Å². The molecule has 0 radical (unpaired) electrons. The molecule has 1 saturated carbocycles. The van der Waals surface area contributed by atoms with Gasteiger partial charge >= 0.3 is 0 Å². The minimum Gasteiger partial charge on any atom is -0.392 e. The Morgan fingerprint density at radius 2 is 2.00 bits per heavy atom. The van der Waals surface area contributed by atoms with Gasteiger partial charge in [-0.3, -0.25) is 0 Å². The van der Waals surface area contributed by atoms with E-state index in [9.17, 15) is 0 Å². The number of rotatable bonds is 3. The molecule has 16 heavy (non-hydrogen) atoms. The van der Waals surface area contributed by atoms with Crippen molar-refractivity contribution in [2.24, 2.45) is 17.3 Å². The number of aliphatic hydroxyl groups excluding tert-OH is 1. The Hall–Kier alpha value is -0.340. The van der Waals surface area contributed by atoms with Crippen LogP contribution in [0.2, 0.25) is 0 Å². The van der Waals surface area contributed by atoms with Crippen molar-refractivity contribution in [1.29, 1.82) is 0 Å². The zero-order valence-corrected chi connectivity index (χ0v) is 11.1. The summed E-state index contributed by atoms with van der Waals surface area (Å²) >= 11 is 0. The van der Waals surface area contributed by atoms with Crippen molar-refractivity contribution in [2.75, 3.05) is 19.8 Å². The molecular weight excluding hydrogens is 200 g/mol. The summed E-state index contributed by atoms with van der Waals surface area (Å²) in [6.45, 7) is 10.6. The number of hydrogen-bond acceptors (Lipinski definition) is 2. The van der Waals surface area contributed by atoms with Gasteiger partial charge in [0.05, 0.1) is 6.61 Å². The van der Waals surface area contributed by atoms with Crippen LogP contribution in [0.25, 0.3) is 0 Å². The monoisotopic (exact) mass is 226 g/mol. The molecule has 0 aromatic rings. The molecule has 0 amide bonds. The van der Waals surface area contributed by atoms with E-state index in [0.717, 1.165) is 19.1 Å². The molecule has 0 aliphatic heterocycles. The summed E-state index contributed by atoms with van der Waals surface area (Å²) in [7, 11) is 0. The molecule has 2 unspecified atom stereocenters. The molecular formula is C14H26O2. The van der Waals surface area contributed by atoms with E-state index in [1.807, 2.05) is 13.8 Å². The van der Waals surface area contributed by atoms with Crippen LogP contribution in [0.5, 0.6) is 0 Å². The molecule has 0 aromatic heterocycles. The molecule has 2 nitrogen and oxygen atoms in total. The van der Waals surface area contributed by atoms with Crippen molar-refractivity contribution in [3.8, 4) is 0 Å². The van der Waals surface area contributed by atoms with Crippen molar-refractivity contribution >= 4 is 0 Å². The van der Waals surface area contributed by atoms with E-state index < -0.39 is 0 Å². The van der Waals surface area contributed by atoms with Crippen LogP contribution >= 0.6 is 0 Å². The van der Waals surface area contributed by atoms with Crippen molar-refractivity contribution in [3.63, 3.8) is 0 Å². The topological polar surface area (TPSA) is 29.5 Å². The second kappa shape index (κ2) is 5.83. The standard InChI is InChI=1S/C10H16O.C4H10O/c1-10(2)8-4-3-7(6-11)9(10)5-8;1-3-5-4-2/h3,8-9,11H,4-6H2,1-2H3;3-4H2,1-2H3. The van der Waals surface area contributed by atoms with Gasteiger partial charge in [0.2, 0.25) is 0 Å². The average Bonchev–Trinajstić information content (AvgIpc) is 2.30. The number of hydrogen-bond donors (Lipinski definition) is 1. The zero-order valence-electron chi connectivity index (χ0n) is 11.1. The van der Waals surface area contributed by atoms with Crippen LogP contribution in [0.15, 0.2) is 11.6 Å². The number of allylic oxidation sites excluding steroid dienone is 1. The number of ether oxygens (including phenoxy) is 1. The zero-order chi connectivity index (χ0) is 12.2. The first-order chi connectivity index (χ1) is 7.57. The van der Waals surface area contributed by atoms with E-state index in [0.29, 0.717) is 11.3 Å². The minimum absolute atomic E-state index is 0.279. The van der Waals surface area contributed by atoms with Gasteiger partial charge < -0.3 is 9.84 Å². The summed E-state index contributed by atoms with van der Waals surface area (Å²) in [6.07, 6.45) is 4.75. The van der Waals surface area contributed by atoms with Crippen molar-refractivity contribution in [1.82, 2.24) is 0 Å². The van der Waals surface area contributed by atoms with Gasteiger partial charge in [0.1, 0.15) is 0 Å². The third-order valence-electron chi connectivity index (χ3n) is 4.17. The molecule has 94 valence electrons. The summed E-state index contributed by atoms with van der Waals surface area (Å²) in [6, 6.07) is 0. The van der Waals surface area contributed by atoms with Crippen molar-refractivity contribution < 1.29 is 9.84 Å². The second-order valence-electron chi connectivity index (χ2n) is 5.26. The fourth-order valence-electron chi connectivity index (χ4n) is 2.86. The second-order valence-corrected chi connectivity index (χ2v) is 5.26. The predicted octanol–water partition coefficient (Wildman–Crippen LogP) is 3.01. The quantitative estimate of drug-likeness (QED) is 0.750. The Bertz CT molecular complexity index is 241. The van der Waals surface area contributed by atoms with Crippen LogP contribution in [-0.4, -0.2) is 24.9 Å². The largest absolute Gasteiger partial charge is 0.392 e. The highest BCUT2D eigenvalue weighted by molar-refractivity contribution is 5.23. The third-order valence-corrected chi connectivity index (χ3v) is 4.17. The smallest absolute Gasteiger partial charge is 0.0644 e. The normalized spacial score (nSPS) is 29.7. The maximum Gasteiger partial charge on any atom is 0.0644 e. The fourth-order valence-corrected chi connectivity index (χ4v) is 2.86. The lowest BCUT2D eigenvalue weighted by Crippen LogP contribution is -2.48.